The van der Waals surface area contributed by atoms with Crippen molar-refractivity contribution in [1.29, 1.82) is 0 Å². The molecule has 0 bridgehead atoms. The highest BCUT2D eigenvalue weighted by Gasteiger charge is 2.10. The van der Waals surface area contributed by atoms with E-state index >= 15 is 0 Å². The van der Waals surface area contributed by atoms with E-state index in [9.17, 15) is 14.4 Å². The number of imide groups is 1. The monoisotopic (exact) mass is 250 g/mol. The maximum Gasteiger partial charge on any atom is 0.321 e. The van der Waals surface area contributed by atoms with Crippen LogP contribution < -0.4 is 15.4 Å². The van der Waals surface area contributed by atoms with Crippen molar-refractivity contribution < 1.29 is 19.1 Å². The van der Waals surface area contributed by atoms with Gasteiger partial charge in [-0.1, -0.05) is 12.1 Å². The molecular formula is C12H14N2O4. The molecule has 0 radical (unpaired) electrons. The van der Waals surface area contributed by atoms with Gasteiger partial charge in [0.25, 0.3) is 5.91 Å². The number of nitrogens with one attached hydrogen (secondary N) is 2. The standard InChI is InChI=1S/C12H14N2O4/c1-8(15)9-5-3-4-6-10(9)18-7-11(16)14-12(17)13-2/h3-6H,7H2,1-2H3,(H2,13,14,16,17). The first-order chi connectivity index (χ1) is 8.54. The molecule has 6 nitrogen and oxygen atoms in total. The van der Waals surface area contributed by atoms with Crippen LogP contribution in [0.2, 0.25) is 0 Å². The number of ketones is 1. The van der Waals surface area contributed by atoms with Gasteiger partial charge in [-0.15, -0.1) is 0 Å². The van der Waals surface area contributed by atoms with Crippen LogP contribution >= 0.6 is 0 Å². The average Bonchev–Trinajstić information content (AvgIpc) is 2.36. The van der Waals surface area contributed by atoms with Gasteiger partial charge in [-0.25, -0.2) is 4.79 Å². The normalized spacial score (nSPS) is 9.44. The van der Waals surface area contributed by atoms with Crippen molar-refractivity contribution in [3.63, 3.8) is 0 Å². The molecule has 0 fully saturated rings. The van der Waals surface area contributed by atoms with Gasteiger partial charge in [0.15, 0.2) is 12.4 Å². The summed E-state index contributed by atoms with van der Waals surface area (Å²) in [6.07, 6.45) is 0. The van der Waals surface area contributed by atoms with Crippen LogP contribution in [0.3, 0.4) is 0 Å². The molecule has 96 valence electrons. The first-order valence-corrected chi connectivity index (χ1v) is 5.29. The summed E-state index contributed by atoms with van der Waals surface area (Å²) in [5, 5.41) is 4.29. The minimum atomic E-state index is -0.608. The van der Waals surface area contributed by atoms with Crippen LogP contribution in [0.25, 0.3) is 0 Å². The number of hydrogen-bond acceptors (Lipinski definition) is 4. The summed E-state index contributed by atoms with van der Waals surface area (Å²) < 4.78 is 5.19. The molecule has 6 heteroatoms. The van der Waals surface area contributed by atoms with Crippen molar-refractivity contribution in [2.45, 2.75) is 6.92 Å². The fourth-order valence-corrected chi connectivity index (χ4v) is 1.25. The number of amides is 3. The number of hydrogen-bond donors (Lipinski definition) is 2. The molecule has 0 saturated heterocycles. The third-order valence-electron chi connectivity index (χ3n) is 2.11. The molecule has 0 atom stereocenters. The summed E-state index contributed by atoms with van der Waals surface area (Å²) in [5.74, 6) is -0.429. The van der Waals surface area contributed by atoms with Gasteiger partial charge in [-0.05, 0) is 19.1 Å². The number of Topliss-reactive ketones (excluding diaryl/α,β-unsaturated/α-hetero) is 1. The van der Waals surface area contributed by atoms with E-state index in [0.717, 1.165) is 0 Å². The number of para-hydroxylation sites is 1. The Labute approximate surface area is 104 Å². The van der Waals surface area contributed by atoms with Crippen LogP contribution in [-0.2, 0) is 4.79 Å². The van der Waals surface area contributed by atoms with E-state index in [1.54, 1.807) is 24.3 Å². The Morgan fingerprint density at radius 2 is 1.89 bits per heavy atom. The lowest BCUT2D eigenvalue weighted by atomic mass is 10.1. The van der Waals surface area contributed by atoms with Crippen molar-refractivity contribution in [1.82, 2.24) is 10.6 Å². The minimum absolute atomic E-state index is 0.155. The molecule has 1 aromatic carbocycles. The number of rotatable bonds is 4. The maximum absolute atomic E-state index is 11.3. The first kappa shape index (κ1) is 13.7. The van der Waals surface area contributed by atoms with Gasteiger partial charge in [-0.3, -0.25) is 14.9 Å². The molecule has 1 aromatic rings. The molecule has 0 heterocycles. The van der Waals surface area contributed by atoms with Crippen LogP contribution in [0.5, 0.6) is 5.75 Å². The zero-order chi connectivity index (χ0) is 13.5. The lowest BCUT2D eigenvalue weighted by Crippen LogP contribution is -2.40. The number of ether oxygens (including phenoxy) is 1. The van der Waals surface area contributed by atoms with E-state index in [0.29, 0.717) is 11.3 Å². The smallest absolute Gasteiger partial charge is 0.321 e. The first-order valence-electron chi connectivity index (χ1n) is 5.29. The molecule has 0 spiro atoms. The molecule has 0 aliphatic heterocycles. The predicted octanol–water partition coefficient (Wildman–Crippen LogP) is 0.724. The van der Waals surface area contributed by atoms with Crippen LogP contribution in [-0.4, -0.2) is 31.4 Å². The number of carbonyl (C=O) groups is 3. The summed E-state index contributed by atoms with van der Waals surface area (Å²) in [6, 6.07) is 5.98. The van der Waals surface area contributed by atoms with Gasteiger partial charge in [0.2, 0.25) is 0 Å². The Morgan fingerprint density at radius 1 is 1.22 bits per heavy atom. The van der Waals surface area contributed by atoms with E-state index < -0.39 is 11.9 Å². The van der Waals surface area contributed by atoms with Gasteiger partial charge in [0, 0.05) is 7.05 Å². The Kier molecular flexibility index (Phi) is 4.86. The average molecular weight is 250 g/mol. The summed E-state index contributed by atoms with van der Waals surface area (Å²) in [4.78, 5) is 33.4. The van der Waals surface area contributed by atoms with Crippen molar-refractivity contribution in [2.24, 2.45) is 0 Å². The second-order valence-electron chi connectivity index (χ2n) is 3.47. The van der Waals surface area contributed by atoms with Crippen LogP contribution in [0.4, 0.5) is 4.79 Å². The molecular weight excluding hydrogens is 236 g/mol. The summed E-state index contributed by atoms with van der Waals surface area (Å²) >= 11 is 0. The Hall–Kier alpha value is -2.37. The molecule has 0 aliphatic rings. The lowest BCUT2D eigenvalue weighted by molar-refractivity contribution is -0.122. The van der Waals surface area contributed by atoms with Gasteiger partial charge in [0.1, 0.15) is 5.75 Å². The van der Waals surface area contributed by atoms with E-state index in [1.165, 1.54) is 14.0 Å². The van der Waals surface area contributed by atoms with Crippen molar-refractivity contribution >= 4 is 17.7 Å². The Morgan fingerprint density at radius 3 is 2.50 bits per heavy atom. The zero-order valence-corrected chi connectivity index (χ0v) is 10.1. The highest BCUT2D eigenvalue weighted by Crippen LogP contribution is 2.17. The Bertz CT molecular complexity index is 471. The molecule has 2 N–H and O–H groups in total. The zero-order valence-electron chi connectivity index (χ0n) is 10.1. The van der Waals surface area contributed by atoms with E-state index in [4.69, 9.17) is 4.74 Å². The topological polar surface area (TPSA) is 84.5 Å². The Balaban J connectivity index is 2.61. The van der Waals surface area contributed by atoms with E-state index in [2.05, 4.69) is 5.32 Å². The number of carbonyl (C=O) groups excluding carboxylic acids is 3. The third kappa shape index (κ3) is 3.89. The lowest BCUT2D eigenvalue weighted by Gasteiger charge is -2.09. The second kappa shape index (κ2) is 6.39. The largest absolute Gasteiger partial charge is 0.483 e. The van der Waals surface area contributed by atoms with Crippen LogP contribution in [0.1, 0.15) is 17.3 Å². The van der Waals surface area contributed by atoms with E-state index in [-0.39, 0.29) is 12.4 Å². The molecule has 18 heavy (non-hydrogen) atoms. The third-order valence-corrected chi connectivity index (χ3v) is 2.11. The van der Waals surface area contributed by atoms with Gasteiger partial charge in [-0.2, -0.15) is 0 Å². The number of benzene rings is 1. The SMILES string of the molecule is CNC(=O)NC(=O)COc1ccccc1C(C)=O. The molecule has 0 aliphatic carbocycles. The summed E-state index contributed by atoms with van der Waals surface area (Å²) in [5.41, 5.74) is 0.394. The summed E-state index contributed by atoms with van der Waals surface area (Å²) in [7, 11) is 1.40. The van der Waals surface area contributed by atoms with E-state index in [1.807, 2.05) is 5.32 Å². The fraction of sp³-hybridized carbons (Fsp3) is 0.250. The predicted molar refractivity (Wildman–Crippen MR) is 64.5 cm³/mol. The second-order valence-corrected chi connectivity index (χ2v) is 3.47. The molecule has 1 rings (SSSR count). The molecule has 0 unspecified atom stereocenters. The number of urea groups is 1. The quantitative estimate of drug-likeness (QED) is 0.771. The van der Waals surface area contributed by atoms with Gasteiger partial charge in [0.05, 0.1) is 5.56 Å². The van der Waals surface area contributed by atoms with Crippen molar-refractivity contribution in [3.05, 3.63) is 29.8 Å². The van der Waals surface area contributed by atoms with Crippen LogP contribution in [0.15, 0.2) is 24.3 Å². The van der Waals surface area contributed by atoms with Crippen molar-refractivity contribution in [2.75, 3.05) is 13.7 Å². The van der Waals surface area contributed by atoms with Gasteiger partial charge < -0.3 is 10.1 Å². The molecule has 0 aromatic heterocycles. The fourth-order valence-electron chi connectivity index (χ4n) is 1.25. The maximum atomic E-state index is 11.3. The van der Waals surface area contributed by atoms with Crippen molar-refractivity contribution in [3.8, 4) is 5.75 Å². The molecule has 3 amide bonds. The van der Waals surface area contributed by atoms with Gasteiger partial charge >= 0.3 is 6.03 Å². The minimum Gasteiger partial charge on any atom is -0.483 e. The highest BCUT2D eigenvalue weighted by molar-refractivity contribution is 5.97. The summed E-state index contributed by atoms with van der Waals surface area (Å²) in [6.45, 7) is 1.07. The van der Waals surface area contributed by atoms with Crippen LogP contribution in [0, 0.1) is 0 Å². The highest BCUT2D eigenvalue weighted by atomic mass is 16.5. The molecule has 0 saturated carbocycles.